The third-order valence-electron chi connectivity index (χ3n) is 6.31. The van der Waals surface area contributed by atoms with Crippen LogP contribution in [0.1, 0.15) is 23.5 Å². The summed E-state index contributed by atoms with van der Waals surface area (Å²) in [5.74, 6) is -0.331. The molecule has 5 nitrogen and oxygen atoms in total. The van der Waals surface area contributed by atoms with E-state index in [9.17, 15) is 4.79 Å². The minimum absolute atomic E-state index is 0. The minimum Gasteiger partial charge on any atom is -0.379 e. The van der Waals surface area contributed by atoms with Crippen molar-refractivity contribution in [3.05, 3.63) is 94.5 Å². The largest absolute Gasteiger partial charge is 0.379 e. The van der Waals surface area contributed by atoms with E-state index in [0.29, 0.717) is 6.54 Å². The lowest BCUT2D eigenvalue weighted by molar-refractivity contribution is -0.119. The van der Waals surface area contributed by atoms with Crippen LogP contribution in [0.3, 0.4) is 0 Å². The lowest BCUT2D eigenvalue weighted by Gasteiger charge is -2.29. The van der Waals surface area contributed by atoms with Crippen molar-refractivity contribution in [1.82, 2.24) is 9.88 Å². The van der Waals surface area contributed by atoms with Crippen LogP contribution >= 0.6 is 39.7 Å². The predicted octanol–water partition coefficient (Wildman–Crippen LogP) is 6.37. The van der Waals surface area contributed by atoms with Crippen molar-refractivity contribution in [3.8, 4) is 0 Å². The molecule has 1 aromatic heterocycles. The summed E-state index contributed by atoms with van der Waals surface area (Å²) in [7, 11) is 0. The number of hydrogen-bond acceptors (Lipinski definition) is 5. The number of amides is 1. The highest BCUT2D eigenvalue weighted by Crippen LogP contribution is 2.34. The van der Waals surface area contributed by atoms with Gasteiger partial charge in [0.25, 0.3) is 0 Å². The Bertz CT molecular complexity index is 1230. The van der Waals surface area contributed by atoms with Gasteiger partial charge in [-0.3, -0.25) is 14.6 Å². The number of anilines is 1. The van der Waals surface area contributed by atoms with Gasteiger partial charge in [-0.1, -0.05) is 87.9 Å². The molecule has 5 rings (SSSR count). The number of halogens is 2. The first-order chi connectivity index (χ1) is 17.2. The van der Waals surface area contributed by atoms with Crippen molar-refractivity contribution >= 4 is 60.9 Å². The molecule has 0 N–H and O–H groups in total. The van der Waals surface area contributed by atoms with Crippen LogP contribution in [-0.2, 0) is 9.53 Å². The molecule has 0 saturated carbocycles. The van der Waals surface area contributed by atoms with Gasteiger partial charge in [-0.2, -0.15) is 0 Å². The van der Waals surface area contributed by atoms with Gasteiger partial charge in [0.05, 0.1) is 29.3 Å². The summed E-state index contributed by atoms with van der Waals surface area (Å²) < 4.78 is 7.57. The van der Waals surface area contributed by atoms with Crippen molar-refractivity contribution in [3.63, 3.8) is 0 Å². The van der Waals surface area contributed by atoms with E-state index in [-0.39, 0.29) is 24.2 Å². The number of carbonyl (C=O) groups excluding carboxylic acids is 1. The summed E-state index contributed by atoms with van der Waals surface area (Å²) in [6, 6.07) is 26.2. The van der Waals surface area contributed by atoms with E-state index in [1.807, 2.05) is 77.7 Å². The maximum absolute atomic E-state index is 14.3. The lowest BCUT2D eigenvalue weighted by atomic mass is 9.90. The molecular formula is C28H29BrClN3O2S. The summed E-state index contributed by atoms with van der Waals surface area (Å²) >= 11 is 5.13. The fourth-order valence-corrected chi connectivity index (χ4v) is 6.05. The second-order valence-corrected chi connectivity index (χ2v) is 10.6. The number of aromatic nitrogens is 1. The number of benzene rings is 3. The highest BCUT2D eigenvalue weighted by atomic mass is 79.9. The highest BCUT2D eigenvalue weighted by Gasteiger charge is 2.30. The molecule has 3 aromatic carbocycles. The molecule has 0 radical (unpaired) electrons. The summed E-state index contributed by atoms with van der Waals surface area (Å²) in [4.78, 5) is 23.5. The van der Waals surface area contributed by atoms with Gasteiger partial charge in [-0.25, -0.2) is 4.98 Å². The van der Waals surface area contributed by atoms with Gasteiger partial charge in [0.2, 0.25) is 5.91 Å². The van der Waals surface area contributed by atoms with E-state index in [1.54, 1.807) is 11.3 Å². The number of nitrogens with zero attached hydrogens (tertiary/aromatic N) is 3. The van der Waals surface area contributed by atoms with Gasteiger partial charge in [0, 0.05) is 30.7 Å². The molecule has 8 heteroatoms. The molecule has 1 aliphatic rings. The van der Waals surface area contributed by atoms with Gasteiger partial charge >= 0.3 is 0 Å². The van der Waals surface area contributed by atoms with E-state index >= 15 is 0 Å². The van der Waals surface area contributed by atoms with Gasteiger partial charge < -0.3 is 4.74 Å². The summed E-state index contributed by atoms with van der Waals surface area (Å²) in [5.41, 5.74) is 2.90. The Hall–Kier alpha value is -2.29. The Labute approximate surface area is 230 Å². The normalized spacial score (nSPS) is 14.1. The molecule has 0 aliphatic carbocycles. The average molecular weight is 587 g/mol. The lowest BCUT2D eigenvalue weighted by Crippen LogP contribution is -2.40. The van der Waals surface area contributed by atoms with Crippen LogP contribution in [0.15, 0.2) is 83.3 Å². The highest BCUT2D eigenvalue weighted by molar-refractivity contribution is 9.10. The molecular weight excluding hydrogens is 558 g/mol. The maximum Gasteiger partial charge on any atom is 0.240 e. The number of hydrogen-bond donors (Lipinski definition) is 0. The number of ether oxygens (including phenoxy) is 1. The summed E-state index contributed by atoms with van der Waals surface area (Å²) in [5, 5.41) is 0.752. The van der Waals surface area contributed by atoms with Gasteiger partial charge in [-0.05, 0) is 35.7 Å². The molecule has 188 valence electrons. The molecule has 1 fully saturated rings. The van der Waals surface area contributed by atoms with Crippen molar-refractivity contribution in [2.45, 2.75) is 12.3 Å². The van der Waals surface area contributed by atoms with Crippen LogP contribution in [0.25, 0.3) is 10.2 Å². The monoisotopic (exact) mass is 585 g/mol. The van der Waals surface area contributed by atoms with Crippen LogP contribution in [-0.4, -0.2) is 55.2 Å². The number of morpholine rings is 1. The Balaban J connectivity index is 0.00000304. The van der Waals surface area contributed by atoms with Crippen LogP contribution in [0.5, 0.6) is 0 Å². The average Bonchev–Trinajstić information content (AvgIpc) is 3.31. The predicted molar refractivity (Wildman–Crippen MR) is 154 cm³/mol. The third kappa shape index (κ3) is 6.33. The fraction of sp³-hybridized carbons (Fsp3) is 0.286. The zero-order valence-corrected chi connectivity index (χ0v) is 23.1. The standard InChI is InChI=1S/C28H28BrN3O2S.ClH/c29-23-12-13-24-25(20-23)35-28(30-24)32(15-7-14-31-16-18-34-19-17-31)27(33)26(21-8-3-1-4-9-21)22-10-5-2-6-11-22;/h1-6,8-13,20,26H,7,14-19H2;1H. The van der Waals surface area contributed by atoms with Crippen molar-refractivity contribution < 1.29 is 9.53 Å². The first-order valence-electron chi connectivity index (χ1n) is 12.0. The van der Waals surface area contributed by atoms with E-state index in [2.05, 4.69) is 26.9 Å². The Morgan fingerprint density at radius 1 is 1.00 bits per heavy atom. The quantitative estimate of drug-likeness (QED) is 0.241. The number of thiazole rings is 1. The van der Waals surface area contributed by atoms with Gasteiger partial charge in [-0.15, -0.1) is 12.4 Å². The van der Waals surface area contributed by atoms with Crippen LogP contribution in [0.2, 0.25) is 0 Å². The van der Waals surface area contributed by atoms with Crippen molar-refractivity contribution in [1.29, 1.82) is 0 Å². The molecule has 0 atom stereocenters. The molecule has 2 heterocycles. The zero-order valence-electron chi connectivity index (χ0n) is 19.9. The number of fused-ring (bicyclic) bond motifs is 1. The molecule has 1 aliphatic heterocycles. The van der Waals surface area contributed by atoms with Gasteiger partial charge in [0.15, 0.2) is 5.13 Å². The first-order valence-corrected chi connectivity index (χ1v) is 13.6. The summed E-state index contributed by atoms with van der Waals surface area (Å²) in [6.07, 6.45) is 0.877. The van der Waals surface area contributed by atoms with Crippen LogP contribution in [0.4, 0.5) is 5.13 Å². The van der Waals surface area contributed by atoms with E-state index in [4.69, 9.17) is 9.72 Å². The van der Waals surface area contributed by atoms with Crippen LogP contribution < -0.4 is 4.90 Å². The first kappa shape index (κ1) is 26.8. The number of rotatable bonds is 8. The molecule has 1 saturated heterocycles. The molecule has 36 heavy (non-hydrogen) atoms. The third-order valence-corrected chi connectivity index (χ3v) is 7.84. The second-order valence-electron chi connectivity index (χ2n) is 8.66. The van der Waals surface area contributed by atoms with Gasteiger partial charge in [0.1, 0.15) is 0 Å². The van der Waals surface area contributed by atoms with Crippen molar-refractivity contribution in [2.24, 2.45) is 0 Å². The SMILES string of the molecule is Cl.O=C(C(c1ccccc1)c1ccccc1)N(CCCN1CCOCC1)c1nc2ccc(Br)cc2s1. The minimum atomic E-state index is -0.389. The van der Waals surface area contributed by atoms with E-state index in [1.165, 1.54) is 0 Å². The second kappa shape index (κ2) is 12.8. The molecule has 0 bridgehead atoms. The summed E-state index contributed by atoms with van der Waals surface area (Å²) in [6.45, 7) is 5.00. The molecule has 1 amide bonds. The van der Waals surface area contributed by atoms with E-state index < -0.39 is 0 Å². The van der Waals surface area contributed by atoms with E-state index in [0.717, 1.165) is 70.2 Å². The molecule has 0 unspecified atom stereocenters. The molecule has 0 spiro atoms. The Morgan fingerprint density at radius 3 is 2.28 bits per heavy atom. The Morgan fingerprint density at radius 2 is 1.64 bits per heavy atom. The number of carbonyl (C=O) groups is 1. The fourth-order valence-electron chi connectivity index (χ4n) is 4.50. The maximum atomic E-state index is 14.3. The van der Waals surface area contributed by atoms with Crippen molar-refractivity contribution in [2.75, 3.05) is 44.3 Å². The van der Waals surface area contributed by atoms with Crippen LogP contribution in [0, 0.1) is 0 Å². The topological polar surface area (TPSA) is 45.7 Å². The smallest absolute Gasteiger partial charge is 0.240 e. The zero-order chi connectivity index (χ0) is 24.0. The molecule has 4 aromatic rings. The Kier molecular flexibility index (Phi) is 9.51.